The highest BCUT2D eigenvalue weighted by Crippen LogP contribution is 2.26. The van der Waals surface area contributed by atoms with Crippen molar-refractivity contribution in [2.75, 3.05) is 56.1 Å². The lowest BCUT2D eigenvalue weighted by atomic mass is 10.1. The monoisotopic (exact) mass is 231 g/mol. The third kappa shape index (κ3) is 2.25. The maximum Gasteiger partial charge on any atom is 0.0387 e. The molecule has 2 aliphatic rings. The van der Waals surface area contributed by atoms with E-state index in [0.29, 0.717) is 0 Å². The minimum absolute atomic E-state index is 1.15. The Labute approximate surface area is 104 Å². The van der Waals surface area contributed by atoms with Gasteiger partial charge in [-0.1, -0.05) is 6.07 Å². The van der Waals surface area contributed by atoms with E-state index in [1.807, 2.05) is 0 Å². The van der Waals surface area contributed by atoms with Crippen molar-refractivity contribution in [3.05, 3.63) is 24.3 Å². The van der Waals surface area contributed by atoms with E-state index in [4.69, 9.17) is 0 Å². The van der Waals surface area contributed by atoms with Gasteiger partial charge in [-0.15, -0.1) is 0 Å². The molecule has 3 rings (SSSR count). The molecule has 3 nitrogen and oxygen atoms in total. The molecular weight excluding hydrogens is 210 g/mol. The van der Waals surface area contributed by atoms with Crippen LogP contribution in [-0.4, -0.2) is 51.2 Å². The van der Waals surface area contributed by atoms with Gasteiger partial charge in [-0.05, 0) is 31.7 Å². The lowest BCUT2D eigenvalue weighted by molar-refractivity contribution is 0.313. The lowest BCUT2D eigenvalue weighted by Gasteiger charge is -2.36. The zero-order valence-corrected chi connectivity index (χ0v) is 10.6. The van der Waals surface area contributed by atoms with Crippen molar-refractivity contribution in [1.29, 1.82) is 0 Å². The summed E-state index contributed by atoms with van der Waals surface area (Å²) in [6.45, 7) is 7.11. The normalized spacial score (nSPS) is 21.5. The second-order valence-electron chi connectivity index (χ2n) is 5.15. The molecule has 0 N–H and O–H groups in total. The molecule has 0 bridgehead atoms. The molecule has 0 aliphatic carbocycles. The molecule has 1 aromatic rings. The van der Waals surface area contributed by atoms with Gasteiger partial charge in [0, 0.05) is 50.6 Å². The maximum atomic E-state index is 2.50. The summed E-state index contributed by atoms with van der Waals surface area (Å²) in [5.74, 6) is 0. The van der Waals surface area contributed by atoms with Gasteiger partial charge in [0.05, 0.1) is 0 Å². The van der Waals surface area contributed by atoms with Gasteiger partial charge in [0.15, 0.2) is 0 Å². The molecule has 17 heavy (non-hydrogen) atoms. The topological polar surface area (TPSA) is 9.72 Å². The Balaban J connectivity index is 1.73. The molecule has 2 heterocycles. The highest BCUT2D eigenvalue weighted by Gasteiger charge is 2.17. The van der Waals surface area contributed by atoms with Gasteiger partial charge in [0.2, 0.25) is 0 Å². The smallest absolute Gasteiger partial charge is 0.0387 e. The summed E-state index contributed by atoms with van der Waals surface area (Å²) in [7, 11) is 2.20. The SMILES string of the molecule is CN1CCN(c2cccc(N3CCC3)c2)CC1. The van der Waals surface area contributed by atoms with E-state index in [2.05, 4.69) is 46.0 Å². The van der Waals surface area contributed by atoms with Crippen molar-refractivity contribution in [2.45, 2.75) is 6.42 Å². The summed E-state index contributed by atoms with van der Waals surface area (Å²) in [4.78, 5) is 7.36. The van der Waals surface area contributed by atoms with Gasteiger partial charge in [0.25, 0.3) is 0 Å². The molecule has 0 spiro atoms. The van der Waals surface area contributed by atoms with E-state index in [0.717, 1.165) is 13.1 Å². The molecule has 92 valence electrons. The average molecular weight is 231 g/mol. The number of nitrogens with zero attached hydrogens (tertiary/aromatic N) is 3. The molecule has 0 saturated carbocycles. The Hall–Kier alpha value is -1.22. The maximum absolute atomic E-state index is 2.50. The highest BCUT2D eigenvalue weighted by atomic mass is 15.2. The van der Waals surface area contributed by atoms with Crippen molar-refractivity contribution in [3.8, 4) is 0 Å². The molecule has 3 heteroatoms. The molecular formula is C14H21N3. The van der Waals surface area contributed by atoms with Crippen molar-refractivity contribution in [2.24, 2.45) is 0 Å². The van der Waals surface area contributed by atoms with Crippen LogP contribution in [0.5, 0.6) is 0 Å². The van der Waals surface area contributed by atoms with E-state index >= 15 is 0 Å². The number of benzene rings is 1. The zero-order chi connectivity index (χ0) is 11.7. The standard InChI is InChI=1S/C14H21N3/c1-15-8-10-17(11-9-15)14-5-2-4-13(12-14)16-6-3-7-16/h2,4-5,12H,3,6-11H2,1H3. The molecule has 0 atom stereocenters. The molecule has 2 fully saturated rings. The van der Waals surface area contributed by atoms with Gasteiger partial charge in [-0.2, -0.15) is 0 Å². The molecule has 1 aromatic carbocycles. The van der Waals surface area contributed by atoms with Crippen LogP contribution in [0.4, 0.5) is 11.4 Å². The number of anilines is 2. The largest absolute Gasteiger partial charge is 0.371 e. The van der Waals surface area contributed by atoms with Crippen molar-refractivity contribution < 1.29 is 0 Å². The van der Waals surface area contributed by atoms with Gasteiger partial charge in [0.1, 0.15) is 0 Å². The summed E-state index contributed by atoms with van der Waals surface area (Å²) < 4.78 is 0. The van der Waals surface area contributed by atoms with Crippen LogP contribution in [0.2, 0.25) is 0 Å². The fraction of sp³-hybridized carbons (Fsp3) is 0.571. The van der Waals surface area contributed by atoms with Crippen LogP contribution in [0.25, 0.3) is 0 Å². The van der Waals surface area contributed by atoms with Gasteiger partial charge < -0.3 is 14.7 Å². The first-order valence-electron chi connectivity index (χ1n) is 6.61. The summed E-state index contributed by atoms with van der Waals surface area (Å²) >= 11 is 0. The number of likely N-dealkylation sites (N-methyl/N-ethyl adjacent to an activating group) is 1. The summed E-state index contributed by atoms with van der Waals surface area (Å²) in [6.07, 6.45) is 1.35. The molecule has 2 saturated heterocycles. The van der Waals surface area contributed by atoms with Crippen LogP contribution in [0.1, 0.15) is 6.42 Å². The highest BCUT2D eigenvalue weighted by molar-refractivity contribution is 5.60. The fourth-order valence-electron chi connectivity index (χ4n) is 2.53. The second kappa shape index (κ2) is 4.57. The van der Waals surface area contributed by atoms with Gasteiger partial charge >= 0.3 is 0 Å². The Morgan fingerprint density at radius 2 is 1.41 bits per heavy atom. The third-order valence-corrected chi connectivity index (χ3v) is 3.92. The first-order chi connectivity index (χ1) is 8.33. The average Bonchev–Trinajstić information content (AvgIpc) is 2.28. The van der Waals surface area contributed by atoms with E-state index in [1.54, 1.807) is 0 Å². The number of piperazine rings is 1. The minimum atomic E-state index is 1.15. The predicted molar refractivity (Wildman–Crippen MR) is 73.0 cm³/mol. The molecule has 0 aromatic heterocycles. The van der Waals surface area contributed by atoms with Gasteiger partial charge in [-0.3, -0.25) is 0 Å². The quantitative estimate of drug-likeness (QED) is 0.766. The van der Waals surface area contributed by atoms with Crippen molar-refractivity contribution >= 4 is 11.4 Å². The Kier molecular flexibility index (Phi) is 2.93. The molecule has 0 amide bonds. The van der Waals surface area contributed by atoms with Crippen LogP contribution in [0, 0.1) is 0 Å². The summed E-state index contributed by atoms with van der Waals surface area (Å²) in [5.41, 5.74) is 2.79. The van der Waals surface area contributed by atoms with E-state index in [9.17, 15) is 0 Å². The second-order valence-corrected chi connectivity index (χ2v) is 5.15. The third-order valence-electron chi connectivity index (χ3n) is 3.92. The van der Waals surface area contributed by atoms with Crippen LogP contribution in [0.15, 0.2) is 24.3 Å². The minimum Gasteiger partial charge on any atom is -0.371 e. The summed E-state index contributed by atoms with van der Waals surface area (Å²) in [5, 5.41) is 0. The molecule has 0 unspecified atom stereocenters. The Bertz CT molecular complexity index is 379. The van der Waals surface area contributed by atoms with Crippen LogP contribution in [0.3, 0.4) is 0 Å². The van der Waals surface area contributed by atoms with E-state index in [1.165, 1.54) is 44.0 Å². The van der Waals surface area contributed by atoms with E-state index in [-0.39, 0.29) is 0 Å². The Morgan fingerprint density at radius 3 is 1.94 bits per heavy atom. The zero-order valence-electron chi connectivity index (χ0n) is 10.6. The van der Waals surface area contributed by atoms with E-state index < -0.39 is 0 Å². The van der Waals surface area contributed by atoms with Crippen molar-refractivity contribution in [1.82, 2.24) is 4.90 Å². The van der Waals surface area contributed by atoms with Crippen molar-refractivity contribution in [3.63, 3.8) is 0 Å². The van der Waals surface area contributed by atoms with Crippen LogP contribution >= 0.6 is 0 Å². The number of hydrogen-bond acceptors (Lipinski definition) is 3. The summed E-state index contributed by atoms with van der Waals surface area (Å²) in [6, 6.07) is 9.03. The Morgan fingerprint density at radius 1 is 0.824 bits per heavy atom. The number of hydrogen-bond donors (Lipinski definition) is 0. The number of rotatable bonds is 2. The fourth-order valence-corrected chi connectivity index (χ4v) is 2.53. The molecule has 0 radical (unpaired) electrons. The lowest BCUT2D eigenvalue weighted by Crippen LogP contribution is -2.44. The molecule has 2 aliphatic heterocycles. The predicted octanol–water partition coefficient (Wildman–Crippen LogP) is 1.65. The van der Waals surface area contributed by atoms with Crippen LogP contribution in [-0.2, 0) is 0 Å². The first kappa shape index (κ1) is 10.9. The first-order valence-corrected chi connectivity index (χ1v) is 6.61. The van der Waals surface area contributed by atoms with Gasteiger partial charge in [-0.25, -0.2) is 0 Å². The van der Waals surface area contributed by atoms with Crippen LogP contribution < -0.4 is 9.80 Å².